The van der Waals surface area contributed by atoms with E-state index in [9.17, 15) is 14.4 Å². The first kappa shape index (κ1) is 85.4. The molecule has 0 spiro atoms. The van der Waals surface area contributed by atoms with E-state index in [2.05, 4.69) is 164 Å². The van der Waals surface area contributed by atoms with Crippen molar-refractivity contribution in [1.29, 1.82) is 0 Å². The second-order valence-corrected chi connectivity index (χ2v) is 71.6. The zero-order valence-corrected chi connectivity index (χ0v) is 70.8. The molecule has 2 atom stereocenters. The molecule has 0 aromatic rings. The van der Waals surface area contributed by atoms with Crippen LogP contribution >= 0.6 is 0 Å². The third-order valence-electron chi connectivity index (χ3n) is 13.3. The molecule has 0 N–H and O–H groups in total. The Kier molecular flexibility index (Phi) is 35.1. The quantitative estimate of drug-likeness (QED) is 0.0187. The Morgan fingerprint density at radius 1 is 0.422 bits per heavy atom. The van der Waals surface area contributed by atoms with Crippen molar-refractivity contribution in [3.63, 3.8) is 0 Å². The van der Waals surface area contributed by atoms with Gasteiger partial charge < -0.3 is 60.1 Å². The van der Waals surface area contributed by atoms with Crippen LogP contribution in [0.4, 0.5) is 0 Å². The summed E-state index contributed by atoms with van der Waals surface area (Å²) in [6, 6.07) is 0.872. The third-order valence-corrected chi connectivity index (χ3v) is 54.9. The first-order valence-electron chi connectivity index (χ1n) is 30.9. The summed E-state index contributed by atoms with van der Waals surface area (Å²) in [6.45, 7) is 72.4. The normalized spacial score (nSPS) is 16.0. The predicted octanol–water partition coefficient (Wildman–Crippen LogP) is 16.4. The molecule has 1 fully saturated rings. The van der Waals surface area contributed by atoms with Gasteiger partial charge in [-0.15, -0.1) is 0 Å². The van der Waals surface area contributed by atoms with Crippen molar-refractivity contribution in [3.8, 4) is 0 Å². The van der Waals surface area contributed by atoms with Crippen LogP contribution in [0.3, 0.4) is 0 Å². The van der Waals surface area contributed by atoms with E-state index in [4.69, 9.17) is 60.1 Å². The van der Waals surface area contributed by atoms with Crippen LogP contribution in [-0.4, -0.2) is 144 Å². The van der Waals surface area contributed by atoms with Crippen molar-refractivity contribution in [2.45, 2.75) is 290 Å². The van der Waals surface area contributed by atoms with Crippen LogP contribution in [0.1, 0.15) is 128 Å². The molecule has 1 heterocycles. The summed E-state index contributed by atoms with van der Waals surface area (Å²) in [6.07, 6.45) is 8.03. The van der Waals surface area contributed by atoms with Crippen molar-refractivity contribution in [3.05, 3.63) is 0 Å². The fraction of sp³-hybridized carbons (Fsp3) is 0.945. The molecule has 2 unspecified atom stereocenters. The molecule has 0 aromatic carbocycles. The highest BCUT2D eigenvalue weighted by Crippen LogP contribution is 2.33. The van der Waals surface area contributed by atoms with Gasteiger partial charge in [-0.05, 0) is 236 Å². The van der Waals surface area contributed by atoms with Gasteiger partial charge in [0.1, 0.15) is 12.7 Å². The molecule has 1 rings (SSSR count). The Labute approximate surface area is 521 Å². The van der Waals surface area contributed by atoms with Gasteiger partial charge in [-0.3, -0.25) is 14.4 Å². The highest BCUT2D eigenvalue weighted by atomic mass is 28.5. The topological polar surface area (TPSA) is 184 Å². The summed E-state index contributed by atoms with van der Waals surface area (Å²) in [5.41, 5.74) is -1.14. The molecule has 0 aromatic heterocycles. The highest BCUT2D eigenvalue weighted by Gasteiger charge is 2.51. The van der Waals surface area contributed by atoms with Gasteiger partial charge in [0, 0.05) is 0 Å². The standard InChI is InChI=1S/C32H86O12Si11.C14H28O2.C9H16O3/c1-27-32(2,3)31(33)34-29-28-30-46(7,8)36-48(11,12)38-50(15,16)40-52(19,20)42-54(23,24)44-55(25,26)43-53(21,22)41-51(17,18)39-49(13,14)37-47(9,10)35-45(4,5)6;1-6-9-10-12(7-2)11-16-13(15)14(4,5)8-3;1-4-9(2,3)8(10)12-6-7-5-11-7/h27-30H2,1-26H3;12H,6-11H2,1-5H3;7H,4-6H2,1-3H3. The summed E-state index contributed by atoms with van der Waals surface area (Å²) in [5.74, 6) is 0.220. The van der Waals surface area contributed by atoms with Gasteiger partial charge in [0.25, 0.3) is 0 Å². The lowest BCUT2D eigenvalue weighted by Gasteiger charge is -2.45. The van der Waals surface area contributed by atoms with Crippen LogP contribution < -0.4 is 0 Å². The summed E-state index contributed by atoms with van der Waals surface area (Å²) in [5, 5.41) is 0. The second-order valence-electron chi connectivity index (χ2n) is 30.0. The maximum Gasteiger partial charge on any atom is 0.314 e. The van der Waals surface area contributed by atoms with Crippen LogP contribution in [0.2, 0.25) is 157 Å². The van der Waals surface area contributed by atoms with E-state index < -0.39 is 99.1 Å². The first-order chi connectivity index (χ1) is 36.8. The molecule has 1 aliphatic rings. The number of hydrogen-bond donors (Lipinski definition) is 0. The molecule has 28 heteroatoms. The Morgan fingerprint density at radius 3 is 0.988 bits per heavy atom. The summed E-state index contributed by atoms with van der Waals surface area (Å²) in [4.78, 5) is 35.5. The molecular formula is C55H130O17Si11. The van der Waals surface area contributed by atoms with Crippen molar-refractivity contribution < 1.29 is 74.5 Å². The van der Waals surface area contributed by atoms with Gasteiger partial charge in [-0.1, -0.05) is 53.9 Å². The number of unbranched alkanes of at least 4 members (excludes halogenated alkanes) is 1. The van der Waals surface area contributed by atoms with Crippen LogP contribution in [0, 0.1) is 22.2 Å². The van der Waals surface area contributed by atoms with Gasteiger partial charge in [0.2, 0.25) is 0 Å². The third kappa shape index (κ3) is 40.7. The lowest BCUT2D eigenvalue weighted by molar-refractivity contribution is -0.156. The lowest BCUT2D eigenvalue weighted by Crippen LogP contribution is -2.62. The molecule has 1 aliphatic heterocycles. The van der Waals surface area contributed by atoms with Crippen LogP contribution in [0.15, 0.2) is 0 Å². The number of carbonyl (C=O) groups is 3. The minimum absolute atomic E-state index is 0.0510. The molecule has 496 valence electrons. The Bertz CT molecular complexity index is 1940. The van der Waals surface area contributed by atoms with Gasteiger partial charge in [0.15, 0.2) is 16.6 Å². The lowest BCUT2D eigenvalue weighted by atomic mass is 9.90. The Hall–Kier alpha value is 0.356. The maximum absolute atomic E-state index is 12.4. The average Bonchev–Trinajstić information content (AvgIpc) is 4.07. The van der Waals surface area contributed by atoms with Crippen molar-refractivity contribution in [2.75, 3.05) is 26.4 Å². The van der Waals surface area contributed by atoms with Crippen LogP contribution in [0.5, 0.6) is 0 Å². The largest absolute Gasteiger partial charge is 0.465 e. The van der Waals surface area contributed by atoms with E-state index in [0.717, 1.165) is 44.8 Å². The summed E-state index contributed by atoms with van der Waals surface area (Å²) < 4.78 is 88.3. The van der Waals surface area contributed by atoms with E-state index in [-0.39, 0.29) is 34.8 Å². The van der Waals surface area contributed by atoms with Crippen molar-refractivity contribution >= 4 is 112 Å². The number of epoxide rings is 1. The molecule has 0 radical (unpaired) electrons. The van der Waals surface area contributed by atoms with E-state index in [1.165, 1.54) is 19.3 Å². The summed E-state index contributed by atoms with van der Waals surface area (Å²) >= 11 is 0. The number of ether oxygens (including phenoxy) is 4. The fourth-order valence-corrected chi connectivity index (χ4v) is 64.9. The van der Waals surface area contributed by atoms with Crippen molar-refractivity contribution in [2.24, 2.45) is 22.2 Å². The zero-order valence-electron chi connectivity index (χ0n) is 59.8. The minimum atomic E-state index is -2.74. The average molecular weight is 1370 g/mol. The van der Waals surface area contributed by atoms with Crippen LogP contribution in [0.25, 0.3) is 0 Å². The second kappa shape index (κ2) is 34.1. The first-order valence-corrected chi connectivity index (χ1v) is 62.8. The van der Waals surface area contributed by atoms with Crippen molar-refractivity contribution in [1.82, 2.24) is 0 Å². The number of carbonyl (C=O) groups excluding carboxylic acids is 3. The molecule has 0 bridgehead atoms. The molecule has 1 saturated heterocycles. The molecular weight excluding hydrogens is 1240 g/mol. The van der Waals surface area contributed by atoms with Gasteiger partial charge in [-0.2, -0.15) is 0 Å². The Morgan fingerprint density at radius 2 is 0.711 bits per heavy atom. The molecule has 0 amide bonds. The SMILES string of the molecule is CCC(C)(C)C(=O)OCC1CO1.CCC(C)(C)C(=O)OCCC[Si](C)(C)O[Si](C)(C)O[Si](C)(C)O[Si](C)(C)O[Si](C)(C)O[Si](C)(C)O[Si](C)(C)O[Si](C)(C)O[Si](C)(C)O[Si](C)(C)O[Si](C)(C)C.CCCCC(CC)COC(=O)C(C)(C)CC. The molecule has 0 aliphatic carbocycles. The van der Waals surface area contributed by atoms with Gasteiger partial charge >= 0.3 is 95.0 Å². The monoisotopic (exact) mass is 1370 g/mol. The number of rotatable bonds is 38. The highest BCUT2D eigenvalue weighted by molar-refractivity contribution is 6.93. The van der Waals surface area contributed by atoms with Gasteiger partial charge in [0.05, 0.1) is 36.1 Å². The summed E-state index contributed by atoms with van der Waals surface area (Å²) in [7, 11) is -27.6. The Balaban J connectivity index is 0. The molecule has 17 nitrogen and oxygen atoms in total. The van der Waals surface area contributed by atoms with Gasteiger partial charge in [-0.25, -0.2) is 0 Å². The van der Waals surface area contributed by atoms with E-state index in [1.807, 2.05) is 62.3 Å². The number of hydrogen-bond acceptors (Lipinski definition) is 17. The predicted molar refractivity (Wildman–Crippen MR) is 367 cm³/mol. The molecule has 83 heavy (non-hydrogen) atoms. The van der Waals surface area contributed by atoms with E-state index >= 15 is 0 Å². The van der Waals surface area contributed by atoms with E-state index in [0.29, 0.717) is 25.7 Å². The maximum atomic E-state index is 12.4. The molecule has 0 saturated carbocycles. The number of esters is 3. The zero-order chi connectivity index (χ0) is 66.0. The fourth-order valence-electron chi connectivity index (χ4n) is 9.48. The van der Waals surface area contributed by atoms with Crippen LogP contribution in [-0.2, 0) is 74.5 Å². The minimum Gasteiger partial charge on any atom is -0.465 e. The smallest absolute Gasteiger partial charge is 0.314 e. The van der Waals surface area contributed by atoms with E-state index in [1.54, 1.807) is 0 Å².